The van der Waals surface area contributed by atoms with Gasteiger partial charge in [0.1, 0.15) is 0 Å². The van der Waals surface area contributed by atoms with E-state index in [-0.39, 0.29) is 6.03 Å². The van der Waals surface area contributed by atoms with E-state index in [2.05, 4.69) is 11.4 Å². The highest BCUT2D eigenvalue weighted by atomic mass is 16.2. The largest absolute Gasteiger partial charge is 0.322 e. The molecule has 2 rings (SSSR count). The van der Waals surface area contributed by atoms with Crippen LogP contribution in [0, 0.1) is 18.3 Å². The predicted octanol–water partition coefficient (Wildman–Crippen LogP) is 3.94. The number of carbonyl (C=O) groups excluding carboxylic acids is 1. The standard InChI is InChI=1S/C18H19N3O/c1-15-8-5-6-11-17(15)20-18(22)21(13-7-12-19)14-16-9-3-2-4-10-16/h2-6,8-11H,7,13-14H2,1H3,(H,20,22). The van der Waals surface area contributed by atoms with Gasteiger partial charge in [0.25, 0.3) is 0 Å². The van der Waals surface area contributed by atoms with Crippen molar-refractivity contribution >= 4 is 11.7 Å². The smallest absolute Gasteiger partial charge is 0.319 e. The number of para-hydroxylation sites is 1. The summed E-state index contributed by atoms with van der Waals surface area (Å²) in [6.07, 6.45) is 0.314. The summed E-state index contributed by atoms with van der Waals surface area (Å²) < 4.78 is 0. The zero-order valence-electron chi connectivity index (χ0n) is 12.6. The molecule has 0 unspecified atom stereocenters. The van der Waals surface area contributed by atoms with E-state index in [9.17, 15) is 4.79 Å². The second kappa shape index (κ2) is 7.84. The summed E-state index contributed by atoms with van der Waals surface area (Å²) in [5.41, 5.74) is 2.85. The molecule has 2 aromatic carbocycles. The Morgan fingerprint density at radius 2 is 1.82 bits per heavy atom. The van der Waals surface area contributed by atoms with Gasteiger partial charge < -0.3 is 10.2 Å². The first kappa shape index (κ1) is 15.6. The summed E-state index contributed by atoms with van der Waals surface area (Å²) in [5, 5.41) is 11.7. The molecule has 0 radical (unpaired) electrons. The van der Waals surface area contributed by atoms with E-state index in [4.69, 9.17) is 5.26 Å². The molecule has 0 aliphatic rings. The minimum atomic E-state index is -0.187. The molecule has 0 heterocycles. The molecule has 112 valence electrons. The van der Waals surface area contributed by atoms with E-state index >= 15 is 0 Å². The summed E-state index contributed by atoms with van der Waals surface area (Å²) in [7, 11) is 0. The summed E-state index contributed by atoms with van der Waals surface area (Å²) in [5.74, 6) is 0. The van der Waals surface area contributed by atoms with Crippen molar-refractivity contribution in [3.05, 3.63) is 65.7 Å². The van der Waals surface area contributed by atoms with Crippen LogP contribution in [0.3, 0.4) is 0 Å². The Kier molecular flexibility index (Phi) is 5.56. The van der Waals surface area contributed by atoms with Gasteiger partial charge in [-0.3, -0.25) is 0 Å². The van der Waals surface area contributed by atoms with Gasteiger partial charge in [-0.15, -0.1) is 0 Å². The molecule has 2 amide bonds. The molecule has 0 aromatic heterocycles. The van der Waals surface area contributed by atoms with Gasteiger partial charge in [-0.1, -0.05) is 48.5 Å². The number of aryl methyl sites for hydroxylation is 1. The third kappa shape index (κ3) is 4.35. The second-order valence-electron chi connectivity index (χ2n) is 5.06. The van der Waals surface area contributed by atoms with Crippen LogP contribution in [-0.2, 0) is 6.54 Å². The first-order valence-electron chi connectivity index (χ1n) is 7.23. The molecule has 0 aliphatic carbocycles. The average Bonchev–Trinajstić information content (AvgIpc) is 2.54. The van der Waals surface area contributed by atoms with Crippen molar-refractivity contribution in [2.75, 3.05) is 11.9 Å². The SMILES string of the molecule is Cc1ccccc1NC(=O)N(CCC#N)Cc1ccccc1. The minimum absolute atomic E-state index is 0.187. The van der Waals surface area contributed by atoms with Crippen LogP contribution >= 0.6 is 0 Å². The molecule has 2 aromatic rings. The average molecular weight is 293 g/mol. The highest BCUT2D eigenvalue weighted by Gasteiger charge is 2.14. The maximum Gasteiger partial charge on any atom is 0.322 e. The van der Waals surface area contributed by atoms with E-state index in [1.165, 1.54) is 0 Å². The molecule has 0 saturated heterocycles. The van der Waals surface area contributed by atoms with Gasteiger partial charge in [0.15, 0.2) is 0 Å². The number of rotatable bonds is 5. The molecular weight excluding hydrogens is 274 g/mol. The lowest BCUT2D eigenvalue weighted by Gasteiger charge is -2.22. The lowest BCUT2D eigenvalue weighted by Crippen LogP contribution is -2.35. The second-order valence-corrected chi connectivity index (χ2v) is 5.06. The lowest BCUT2D eigenvalue weighted by molar-refractivity contribution is 0.210. The van der Waals surface area contributed by atoms with E-state index in [1.54, 1.807) is 4.90 Å². The van der Waals surface area contributed by atoms with Gasteiger partial charge in [-0.25, -0.2) is 4.79 Å². The van der Waals surface area contributed by atoms with Gasteiger partial charge in [-0.05, 0) is 24.1 Å². The van der Waals surface area contributed by atoms with Crippen LogP contribution < -0.4 is 5.32 Å². The lowest BCUT2D eigenvalue weighted by atomic mass is 10.2. The first-order chi connectivity index (χ1) is 10.7. The molecule has 4 nitrogen and oxygen atoms in total. The zero-order chi connectivity index (χ0) is 15.8. The van der Waals surface area contributed by atoms with Crippen molar-refractivity contribution in [2.24, 2.45) is 0 Å². The number of carbonyl (C=O) groups is 1. The summed E-state index contributed by atoms with van der Waals surface area (Å²) >= 11 is 0. The minimum Gasteiger partial charge on any atom is -0.319 e. The summed E-state index contributed by atoms with van der Waals surface area (Å²) in [4.78, 5) is 14.1. The van der Waals surface area contributed by atoms with Gasteiger partial charge in [0.2, 0.25) is 0 Å². The normalized spacial score (nSPS) is 9.82. The maximum atomic E-state index is 12.5. The van der Waals surface area contributed by atoms with Crippen LogP contribution in [0.15, 0.2) is 54.6 Å². The van der Waals surface area contributed by atoms with Crippen molar-refractivity contribution in [3.8, 4) is 6.07 Å². The fraction of sp³-hybridized carbons (Fsp3) is 0.222. The number of anilines is 1. The molecule has 1 N–H and O–H groups in total. The van der Waals surface area contributed by atoms with Crippen LogP contribution in [0.1, 0.15) is 17.5 Å². The fourth-order valence-electron chi connectivity index (χ4n) is 2.15. The van der Waals surface area contributed by atoms with E-state index in [1.807, 2.05) is 61.5 Å². The van der Waals surface area contributed by atoms with Crippen LogP contribution in [-0.4, -0.2) is 17.5 Å². The Morgan fingerprint density at radius 1 is 1.14 bits per heavy atom. The van der Waals surface area contributed by atoms with Crippen LogP contribution in [0.4, 0.5) is 10.5 Å². The molecule has 4 heteroatoms. The summed E-state index contributed by atoms with van der Waals surface area (Å²) in [6, 6.07) is 19.3. The fourth-order valence-corrected chi connectivity index (χ4v) is 2.15. The molecule has 0 atom stereocenters. The van der Waals surface area contributed by atoms with Crippen molar-refractivity contribution in [3.63, 3.8) is 0 Å². The third-order valence-corrected chi connectivity index (χ3v) is 3.38. The highest BCUT2D eigenvalue weighted by molar-refractivity contribution is 5.90. The Bertz CT molecular complexity index is 662. The monoisotopic (exact) mass is 293 g/mol. The zero-order valence-corrected chi connectivity index (χ0v) is 12.6. The van der Waals surface area contributed by atoms with E-state index in [0.29, 0.717) is 19.5 Å². The number of amides is 2. The predicted molar refractivity (Wildman–Crippen MR) is 87.3 cm³/mol. The molecule has 0 bridgehead atoms. The molecule has 0 fully saturated rings. The van der Waals surface area contributed by atoms with Crippen LogP contribution in [0.25, 0.3) is 0 Å². The number of nitrogens with one attached hydrogen (secondary N) is 1. The van der Waals surface area contributed by atoms with Crippen LogP contribution in [0.5, 0.6) is 0 Å². The first-order valence-corrected chi connectivity index (χ1v) is 7.23. The highest BCUT2D eigenvalue weighted by Crippen LogP contribution is 2.15. The molecule has 22 heavy (non-hydrogen) atoms. The quantitative estimate of drug-likeness (QED) is 0.907. The number of nitrogens with zero attached hydrogens (tertiary/aromatic N) is 2. The number of hydrogen-bond acceptors (Lipinski definition) is 2. The van der Waals surface area contributed by atoms with E-state index in [0.717, 1.165) is 16.8 Å². The Balaban J connectivity index is 2.09. The van der Waals surface area contributed by atoms with Crippen LogP contribution in [0.2, 0.25) is 0 Å². The Morgan fingerprint density at radius 3 is 2.50 bits per heavy atom. The van der Waals surface area contributed by atoms with Crippen molar-refractivity contribution in [1.82, 2.24) is 4.90 Å². The molecule has 0 spiro atoms. The van der Waals surface area contributed by atoms with Crippen molar-refractivity contribution in [2.45, 2.75) is 19.9 Å². The third-order valence-electron chi connectivity index (χ3n) is 3.38. The van der Waals surface area contributed by atoms with Gasteiger partial charge in [0, 0.05) is 18.8 Å². The Hall–Kier alpha value is -2.80. The number of hydrogen-bond donors (Lipinski definition) is 1. The number of benzene rings is 2. The van der Waals surface area contributed by atoms with Crippen molar-refractivity contribution < 1.29 is 4.79 Å². The topological polar surface area (TPSA) is 56.1 Å². The molecule has 0 aliphatic heterocycles. The van der Waals surface area contributed by atoms with Gasteiger partial charge >= 0.3 is 6.03 Å². The van der Waals surface area contributed by atoms with E-state index < -0.39 is 0 Å². The van der Waals surface area contributed by atoms with Gasteiger partial charge in [0.05, 0.1) is 12.5 Å². The number of urea groups is 1. The molecule has 0 saturated carbocycles. The Labute approximate surface area is 131 Å². The summed E-state index contributed by atoms with van der Waals surface area (Å²) in [6.45, 7) is 2.84. The molecular formula is C18H19N3O. The maximum absolute atomic E-state index is 12.5. The van der Waals surface area contributed by atoms with Crippen molar-refractivity contribution in [1.29, 1.82) is 5.26 Å². The van der Waals surface area contributed by atoms with Gasteiger partial charge in [-0.2, -0.15) is 5.26 Å². The number of nitriles is 1.